The second-order valence-electron chi connectivity index (χ2n) is 5.50. The molecular weight excluding hydrogens is 179 g/mol. The van der Waals surface area contributed by atoms with Crippen LogP contribution in [0, 0.1) is 0 Å². The van der Waals surface area contributed by atoms with Crippen molar-refractivity contribution in [3.05, 3.63) is 35.9 Å². The quantitative estimate of drug-likeness (QED) is 0.606. The monoisotopic (exact) mass is 200 g/mol. The molecule has 2 aliphatic rings. The first-order valence-corrected chi connectivity index (χ1v) is 6.45. The average molecular weight is 200 g/mol. The highest BCUT2D eigenvalue weighted by Gasteiger charge is 2.41. The van der Waals surface area contributed by atoms with Crippen molar-refractivity contribution < 1.29 is 1.43 Å². The SMILES string of the molecule is B1C2CCCC1(c1ccccc1)CCC2.[HH]. The molecule has 2 aliphatic heterocycles. The highest BCUT2D eigenvalue weighted by molar-refractivity contribution is 6.43. The lowest BCUT2D eigenvalue weighted by Gasteiger charge is -2.45. The molecule has 0 N–H and O–H groups in total. The summed E-state index contributed by atoms with van der Waals surface area (Å²) in [7, 11) is 1.47. The van der Waals surface area contributed by atoms with E-state index in [-0.39, 0.29) is 1.43 Å². The average Bonchev–Trinajstić information content (AvgIpc) is 2.30. The van der Waals surface area contributed by atoms with E-state index in [1.54, 1.807) is 5.56 Å². The van der Waals surface area contributed by atoms with Gasteiger partial charge in [-0.05, 0) is 10.9 Å². The second-order valence-corrected chi connectivity index (χ2v) is 5.50. The summed E-state index contributed by atoms with van der Waals surface area (Å²) < 4.78 is 0. The molecular formula is C14H21B. The van der Waals surface area contributed by atoms with E-state index < -0.39 is 0 Å². The van der Waals surface area contributed by atoms with Crippen LogP contribution in [0.5, 0.6) is 0 Å². The summed E-state index contributed by atoms with van der Waals surface area (Å²) in [6.45, 7) is 0. The van der Waals surface area contributed by atoms with Crippen LogP contribution < -0.4 is 0 Å². The molecule has 0 unspecified atom stereocenters. The molecule has 0 nitrogen and oxygen atoms in total. The lowest BCUT2D eigenvalue weighted by molar-refractivity contribution is 0.364. The van der Waals surface area contributed by atoms with Crippen LogP contribution in [0.4, 0.5) is 0 Å². The Kier molecular flexibility index (Phi) is 2.34. The molecule has 1 heteroatoms. The standard InChI is InChI=1S/C14H19B.H2/c1-2-6-12(7-3-1)14-10-4-8-13(15-14)9-5-11-14;/h1-3,6-7,13,15H,4-5,8-11H2;1H. The Bertz CT molecular complexity index is 326. The lowest BCUT2D eigenvalue weighted by Crippen LogP contribution is -2.42. The Morgan fingerprint density at radius 1 is 1.07 bits per heavy atom. The summed E-state index contributed by atoms with van der Waals surface area (Å²) in [5, 5.41) is 0.572. The van der Waals surface area contributed by atoms with Crippen molar-refractivity contribution in [1.29, 1.82) is 0 Å². The van der Waals surface area contributed by atoms with E-state index >= 15 is 0 Å². The van der Waals surface area contributed by atoms with Gasteiger partial charge in [-0.2, -0.15) is 0 Å². The van der Waals surface area contributed by atoms with Crippen LogP contribution in [0.1, 0.15) is 45.5 Å². The fourth-order valence-corrected chi connectivity index (χ4v) is 3.89. The predicted octanol–water partition coefficient (Wildman–Crippen LogP) is 3.72. The first-order chi connectivity index (χ1) is 7.39. The Labute approximate surface area is 94.8 Å². The molecule has 15 heavy (non-hydrogen) atoms. The zero-order valence-corrected chi connectivity index (χ0v) is 9.41. The Hall–Kier alpha value is -0.715. The topological polar surface area (TPSA) is 0 Å². The van der Waals surface area contributed by atoms with E-state index in [1.165, 1.54) is 45.8 Å². The van der Waals surface area contributed by atoms with Crippen LogP contribution in [0.3, 0.4) is 0 Å². The second kappa shape index (κ2) is 3.70. The molecule has 0 saturated carbocycles. The van der Waals surface area contributed by atoms with Crippen LogP contribution in [0.15, 0.2) is 30.3 Å². The van der Waals surface area contributed by atoms with E-state index in [4.69, 9.17) is 0 Å². The van der Waals surface area contributed by atoms with E-state index in [0.29, 0.717) is 5.31 Å². The first kappa shape index (κ1) is 9.51. The molecule has 0 amide bonds. The van der Waals surface area contributed by atoms with Crippen molar-refractivity contribution in [2.75, 3.05) is 0 Å². The molecule has 2 heterocycles. The molecule has 1 aromatic carbocycles. The van der Waals surface area contributed by atoms with Gasteiger partial charge in [0.25, 0.3) is 0 Å². The molecule has 80 valence electrons. The summed E-state index contributed by atoms with van der Waals surface area (Å²) in [4.78, 5) is 0. The third-order valence-electron chi connectivity index (χ3n) is 4.60. The number of benzene rings is 1. The maximum Gasteiger partial charge on any atom is 0.137 e. The van der Waals surface area contributed by atoms with E-state index in [0.717, 1.165) is 5.82 Å². The van der Waals surface area contributed by atoms with Gasteiger partial charge in [-0.15, -0.1) is 0 Å². The molecule has 3 rings (SSSR count). The van der Waals surface area contributed by atoms with Gasteiger partial charge in [0, 0.05) is 1.43 Å². The molecule has 0 spiro atoms. The fourth-order valence-electron chi connectivity index (χ4n) is 3.89. The zero-order chi connectivity index (χ0) is 10.1. The summed E-state index contributed by atoms with van der Waals surface area (Å²) in [6, 6.07) is 11.3. The molecule has 2 bridgehead atoms. The van der Waals surface area contributed by atoms with Gasteiger partial charge in [-0.25, -0.2) is 0 Å². The number of hydrogen-bond donors (Lipinski definition) is 0. The summed E-state index contributed by atoms with van der Waals surface area (Å²) >= 11 is 0. The minimum atomic E-state index is 0. The summed E-state index contributed by atoms with van der Waals surface area (Å²) in [5.74, 6) is 1.03. The molecule has 2 fully saturated rings. The first-order valence-electron chi connectivity index (χ1n) is 6.45. The Morgan fingerprint density at radius 2 is 1.73 bits per heavy atom. The maximum atomic E-state index is 2.35. The Balaban J connectivity index is 0.000000963. The number of hydrogen-bond acceptors (Lipinski definition) is 0. The van der Waals surface area contributed by atoms with Gasteiger partial charge in [-0.1, -0.05) is 74.7 Å². The van der Waals surface area contributed by atoms with Gasteiger partial charge in [0.1, 0.15) is 7.28 Å². The van der Waals surface area contributed by atoms with Crippen molar-refractivity contribution in [2.24, 2.45) is 0 Å². The maximum absolute atomic E-state index is 2.35. The molecule has 0 aromatic heterocycles. The number of fused-ring (bicyclic) bond motifs is 2. The van der Waals surface area contributed by atoms with Crippen LogP contribution in [0.25, 0.3) is 0 Å². The van der Waals surface area contributed by atoms with Gasteiger partial charge in [0.05, 0.1) is 0 Å². The number of rotatable bonds is 1. The zero-order valence-electron chi connectivity index (χ0n) is 9.41. The van der Waals surface area contributed by atoms with Crippen molar-refractivity contribution in [3.8, 4) is 0 Å². The van der Waals surface area contributed by atoms with Crippen LogP contribution >= 0.6 is 0 Å². The van der Waals surface area contributed by atoms with Crippen LogP contribution in [0.2, 0.25) is 5.82 Å². The van der Waals surface area contributed by atoms with Gasteiger partial charge >= 0.3 is 0 Å². The molecule has 2 saturated heterocycles. The van der Waals surface area contributed by atoms with Crippen LogP contribution in [-0.4, -0.2) is 7.28 Å². The van der Waals surface area contributed by atoms with Gasteiger partial charge in [-0.3, -0.25) is 0 Å². The molecule has 1 aromatic rings. The summed E-state index contributed by atoms with van der Waals surface area (Å²) in [5.41, 5.74) is 1.62. The molecule has 0 radical (unpaired) electrons. The lowest BCUT2D eigenvalue weighted by atomic mass is 9.34. The minimum absolute atomic E-state index is 0. The minimum Gasteiger partial charge on any atom is -0.0646 e. The van der Waals surface area contributed by atoms with Gasteiger partial charge in [0.2, 0.25) is 0 Å². The van der Waals surface area contributed by atoms with Crippen molar-refractivity contribution in [3.63, 3.8) is 0 Å². The van der Waals surface area contributed by atoms with Gasteiger partial charge in [0.15, 0.2) is 0 Å². The smallest absolute Gasteiger partial charge is 0.0646 e. The van der Waals surface area contributed by atoms with Crippen molar-refractivity contribution >= 4 is 7.28 Å². The largest absolute Gasteiger partial charge is 0.137 e. The van der Waals surface area contributed by atoms with Crippen LogP contribution in [-0.2, 0) is 5.31 Å². The Morgan fingerprint density at radius 3 is 2.40 bits per heavy atom. The van der Waals surface area contributed by atoms with Crippen molar-refractivity contribution in [2.45, 2.75) is 49.7 Å². The third-order valence-corrected chi connectivity index (χ3v) is 4.60. The van der Waals surface area contributed by atoms with E-state index in [9.17, 15) is 0 Å². The van der Waals surface area contributed by atoms with E-state index in [2.05, 4.69) is 30.3 Å². The van der Waals surface area contributed by atoms with Gasteiger partial charge < -0.3 is 0 Å². The highest BCUT2D eigenvalue weighted by Crippen LogP contribution is 2.47. The molecule has 0 atom stereocenters. The highest BCUT2D eigenvalue weighted by atomic mass is 14.3. The third kappa shape index (κ3) is 1.62. The van der Waals surface area contributed by atoms with E-state index in [1.807, 2.05) is 0 Å². The summed E-state index contributed by atoms with van der Waals surface area (Å²) in [6.07, 6.45) is 8.78. The fraction of sp³-hybridized carbons (Fsp3) is 0.571. The normalized spacial score (nSPS) is 34.5. The molecule has 0 aliphatic carbocycles. The predicted molar refractivity (Wildman–Crippen MR) is 68.8 cm³/mol. The van der Waals surface area contributed by atoms with Crippen molar-refractivity contribution in [1.82, 2.24) is 0 Å².